The lowest BCUT2D eigenvalue weighted by Gasteiger charge is -2.21. The Hall–Kier alpha value is -3.98. The van der Waals surface area contributed by atoms with Gasteiger partial charge in [0.1, 0.15) is 5.82 Å². The smallest absolute Gasteiger partial charge is 0.314 e. The molecule has 0 aliphatic heterocycles. The summed E-state index contributed by atoms with van der Waals surface area (Å²) in [6.07, 6.45) is 1.42. The van der Waals surface area contributed by atoms with Crippen molar-refractivity contribution in [1.29, 1.82) is 0 Å². The van der Waals surface area contributed by atoms with Gasteiger partial charge in [-0.25, -0.2) is 0 Å². The molecule has 1 aromatic heterocycles. The van der Waals surface area contributed by atoms with Crippen molar-refractivity contribution < 1.29 is 24.9 Å². The molecule has 8 nitrogen and oxygen atoms in total. The van der Waals surface area contributed by atoms with Crippen molar-refractivity contribution in [3.63, 3.8) is 0 Å². The van der Waals surface area contributed by atoms with E-state index in [1.807, 2.05) is 79.7 Å². The number of nitrogens with one attached hydrogen (secondary N) is 1. The SMILES string of the molecule is C[C@@H](OC(O)Nc1c(-c2ccc(-c3ccc(C4(C(=O)O)CC4)cc3)c(CO)c2)cnn1C)c1ccccc1. The molecular weight excluding hydrogens is 482 g/mol. The summed E-state index contributed by atoms with van der Waals surface area (Å²) in [6, 6.07) is 23.0. The first-order chi connectivity index (χ1) is 18.3. The van der Waals surface area contributed by atoms with Gasteiger partial charge in [-0.05, 0) is 59.2 Å². The number of anilines is 1. The van der Waals surface area contributed by atoms with E-state index >= 15 is 0 Å². The molecule has 3 aromatic carbocycles. The van der Waals surface area contributed by atoms with E-state index in [0.717, 1.165) is 38.9 Å². The van der Waals surface area contributed by atoms with Crippen LogP contribution in [0.15, 0.2) is 79.0 Å². The molecule has 38 heavy (non-hydrogen) atoms. The van der Waals surface area contributed by atoms with Crippen molar-refractivity contribution in [1.82, 2.24) is 9.78 Å². The molecule has 4 aromatic rings. The number of aromatic nitrogens is 2. The van der Waals surface area contributed by atoms with E-state index in [1.54, 1.807) is 17.9 Å². The molecule has 0 amide bonds. The minimum absolute atomic E-state index is 0.173. The van der Waals surface area contributed by atoms with E-state index in [-0.39, 0.29) is 12.7 Å². The molecule has 1 aliphatic rings. The second-order valence-corrected chi connectivity index (χ2v) is 9.71. The van der Waals surface area contributed by atoms with Crippen LogP contribution < -0.4 is 5.32 Å². The van der Waals surface area contributed by atoms with Crippen LogP contribution >= 0.6 is 0 Å². The lowest BCUT2D eigenvalue weighted by molar-refractivity contribution is -0.140. The van der Waals surface area contributed by atoms with E-state index in [2.05, 4.69) is 10.4 Å². The fourth-order valence-electron chi connectivity index (χ4n) is 4.86. The Balaban J connectivity index is 1.37. The minimum atomic E-state index is -1.27. The maximum absolute atomic E-state index is 11.7. The number of aryl methyl sites for hydroxylation is 1. The highest BCUT2D eigenvalue weighted by Crippen LogP contribution is 2.48. The number of benzene rings is 3. The van der Waals surface area contributed by atoms with Crippen LogP contribution in [0, 0.1) is 0 Å². The van der Waals surface area contributed by atoms with Crippen molar-refractivity contribution in [3.8, 4) is 22.3 Å². The zero-order chi connectivity index (χ0) is 26.9. The predicted molar refractivity (Wildman–Crippen MR) is 144 cm³/mol. The lowest BCUT2D eigenvalue weighted by Crippen LogP contribution is -2.25. The summed E-state index contributed by atoms with van der Waals surface area (Å²) >= 11 is 0. The molecule has 196 valence electrons. The van der Waals surface area contributed by atoms with Gasteiger partial charge in [-0.1, -0.05) is 66.7 Å². The number of ether oxygens (including phenoxy) is 1. The Morgan fingerprint density at radius 2 is 1.74 bits per heavy atom. The second-order valence-electron chi connectivity index (χ2n) is 9.71. The maximum Gasteiger partial charge on any atom is 0.314 e. The number of hydrogen-bond acceptors (Lipinski definition) is 6. The first kappa shape index (κ1) is 25.7. The van der Waals surface area contributed by atoms with Gasteiger partial charge in [0.2, 0.25) is 6.41 Å². The average molecular weight is 514 g/mol. The van der Waals surface area contributed by atoms with Gasteiger partial charge < -0.3 is 25.4 Å². The lowest BCUT2D eigenvalue weighted by atomic mass is 9.91. The van der Waals surface area contributed by atoms with Gasteiger partial charge in [-0.2, -0.15) is 5.10 Å². The number of rotatable bonds is 10. The van der Waals surface area contributed by atoms with E-state index in [1.165, 1.54) is 0 Å². The average Bonchev–Trinajstić information content (AvgIpc) is 3.68. The van der Waals surface area contributed by atoms with Crippen molar-refractivity contribution >= 4 is 11.8 Å². The molecule has 2 atom stereocenters. The molecule has 1 aliphatic carbocycles. The largest absolute Gasteiger partial charge is 0.481 e. The number of aliphatic hydroxyl groups excluding tert-OH is 2. The zero-order valence-electron chi connectivity index (χ0n) is 21.3. The monoisotopic (exact) mass is 513 g/mol. The summed E-state index contributed by atoms with van der Waals surface area (Å²) < 4.78 is 7.38. The van der Waals surface area contributed by atoms with Gasteiger partial charge in [0, 0.05) is 12.6 Å². The molecule has 0 radical (unpaired) electrons. The maximum atomic E-state index is 11.7. The number of aliphatic hydroxyl groups is 2. The van der Waals surface area contributed by atoms with Gasteiger partial charge in [0.25, 0.3) is 0 Å². The van der Waals surface area contributed by atoms with E-state index < -0.39 is 17.8 Å². The van der Waals surface area contributed by atoms with Crippen LogP contribution in [0.5, 0.6) is 0 Å². The number of nitrogens with zero attached hydrogens (tertiary/aromatic N) is 2. The first-order valence-electron chi connectivity index (χ1n) is 12.6. The number of carboxylic acid groups (broad SMARTS) is 1. The van der Waals surface area contributed by atoms with E-state index in [4.69, 9.17) is 4.74 Å². The van der Waals surface area contributed by atoms with Crippen LogP contribution in [-0.2, 0) is 28.6 Å². The third-order valence-electron chi connectivity index (χ3n) is 7.30. The van der Waals surface area contributed by atoms with Crippen LogP contribution in [0.4, 0.5) is 5.82 Å². The van der Waals surface area contributed by atoms with Gasteiger partial charge in [-0.15, -0.1) is 0 Å². The van der Waals surface area contributed by atoms with Crippen molar-refractivity contribution in [3.05, 3.63) is 95.7 Å². The van der Waals surface area contributed by atoms with Gasteiger partial charge in [0.15, 0.2) is 0 Å². The molecule has 1 heterocycles. The highest BCUT2D eigenvalue weighted by Gasteiger charge is 2.51. The molecule has 1 saturated carbocycles. The fraction of sp³-hybridized carbons (Fsp3) is 0.267. The molecule has 0 saturated heterocycles. The Bertz CT molecular complexity index is 1430. The molecule has 0 bridgehead atoms. The van der Waals surface area contributed by atoms with Gasteiger partial charge in [0.05, 0.1) is 24.3 Å². The summed E-state index contributed by atoms with van der Waals surface area (Å²) in [4.78, 5) is 11.7. The quantitative estimate of drug-likeness (QED) is 0.225. The summed E-state index contributed by atoms with van der Waals surface area (Å²) in [5, 5.41) is 37.7. The van der Waals surface area contributed by atoms with Crippen LogP contribution in [0.3, 0.4) is 0 Å². The molecule has 4 N–H and O–H groups in total. The first-order valence-corrected chi connectivity index (χ1v) is 12.6. The molecule has 1 fully saturated rings. The number of carboxylic acids is 1. The minimum Gasteiger partial charge on any atom is -0.481 e. The van der Waals surface area contributed by atoms with Crippen molar-refractivity contribution in [2.45, 2.75) is 44.3 Å². The highest BCUT2D eigenvalue weighted by molar-refractivity contribution is 5.85. The number of aliphatic carboxylic acids is 1. The summed E-state index contributed by atoms with van der Waals surface area (Å²) in [5.74, 6) is -0.210. The Morgan fingerprint density at radius 1 is 1.05 bits per heavy atom. The number of hydrogen-bond donors (Lipinski definition) is 4. The van der Waals surface area contributed by atoms with Gasteiger partial charge >= 0.3 is 5.97 Å². The highest BCUT2D eigenvalue weighted by atomic mass is 16.6. The molecule has 5 rings (SSSR count). The summed E-state index contributed by atoms with van der Waals surface area (Å²) in [6.45, 7) is 1.70. The second kappa shape index (κ2) is 10.4. The molecule has 0 spiro atoms. The Morgan fingerprint density at radius 3 is 2.37 bits per heavy atom. The van der Waals surface area contributed by atoms with Crippen LogP contribution in [0.2, 0.25) is 0 Å². The van der Waals surface area contributed by atoms with Crippen molar-refractivity contribution in [2.24, 2.45) is 7.05 Å². The van der Waals surface area contributed by atoms with Gasteiger partial charge in [-0.3, -0.25) is 9.48 Å². The summed E-state index contributed by atoms with van der Waals surface area (Å²) in [7, 11) is 1.77. The Kier molecular flexibility index (Phi) is 7.03. The van der Waals surface area contributed by atoms with Crippen LogP contribution in [0.1, 0.15) is 42.6 Å². The third-order valence-corrected chi connectivity index (χ3v) is 7.30. The Labute approximate surface area is 221 Å². The third kappa shape index (κ3) is 4.93. The number of carbonyl (C=O) groups is 1. The standard InChI is InChI=1S/C30H31N3O5/c1-19(20-6-4-3-5-7-20)38-29(37)32-27-26(17-31-33(27)2)22-10-13-25(23(16-22)18-34)21-8-11-24(12-9-21)30(14-15-30)28(35)36/h3-13,16-17,19,29,32,34,37H,14-15,18H2,1-2H3,(H,35,36)/t19-,29?/m1/s1. The fourth-order valence-corrected chi connectivity index (χ4v) is 4.86. The molecular formula is C30H31N3O5. The van der Waals surface area contributed by atoms with E-state index in [9.17, 15) is 20.1 Å². The van der Waals surface area contributed by atoms with Crippen LogP contribution in [-0.4, -0.2) is 37.5 Å². The normalized spacial score (nSPS) is 15.6. The van der Waals surface area contributed by atoms with Crippen LogP contribution in [0.25, 0.3) is 22.3 Å². The molecule has 8 heteroatoms. The predicted octanol–water partition coefficient (Wildman–Crippen LogP) is 4.83. The topological polar surface area (TPSA) is 117 Å². The summed E-state index contributed by atoms with van der Waals surface area (Å²) in [5.41, 5.74) is 5.05. The zero-order valence-corrected chi connectivity index (χ0v) is 21.3. The molecule has 1 unspecified atom stereocenters. The van der Waals surface area contributed by atoms with E-state index in [0.29, 0.717) is 18.7 Å². The van der Waals surface area contributed by atoms with Crippen molar-refractivity contribution in [2.75, 3.05) is 5.32 Å².